The molecular weight excluding hydrogens is 319 g/mol. The predicted molar refractivity (Wildman–Crippen MR) is 80.6 cm³/mol. The summed E-state index contributed by atoms with van der Waals surface area (Å²) in [4.78, 5) is 12.5. The van der Waals surface area contributed by atoms with E-state index in [0.29, 0.717) is 11.1 Å². The smallest absolute Gasteiger partial charge is 0.194 e. The minimum Gasteiger partial charge on any atom is -0.289 e. The van der Waals surface area contributed by atoms with Gasteiger partial charge in [0.2, 0.25) is 0 Å². The molecule has 0 heterocycles. The molecule has 0 fully saturated rings. The van der Waals surface area contributed by atoms with Crippen molar-refractivity contribution >= 4 is 21.7 Å². The van der Waals surface area contributed by atoms with E-state index in [1.807, 2.05) is 18.2 Å². The van der Waals surface area contributed by atoms with Crippen LogP contribution < -0.4 is 0 Å². The minimum atomic E-state index is -0.409. The maximum Gasteiger partial charge on any atom is 0.194 e. The molecule has 2 aromatic rings. The SMILES string of the molecule is O=C(c1ccc2c(c1)CCCC2)c1cccc(F)c1Br. The molecule has 0 amide bonds. The molecule has 0 bridgehead atoms. The van der Waals surface area contributed by atoms with E-state index < -0.39 is 5.82 Å². The van der Waals surface area contributed by atoms with E-state index in [9.17, 15) is 9.18 Å². The zero-order valence-electron chi connectivity index (χ0n) is 11.0. The molecule has 0 saturated heterocycles. The summed E-state index contributed by atoms with van der Waals surface area (Å²) in [5, 5.41) is 0. The number of rotatable bonds is 2. The van der Waals surface area contributed by atoms with E-state index in [2.05, 4.69) is 15.9 Å². The summed E-state index contributed by atoms with van der Waals surface area (Å²) in [6.45, 7) is 0. The van der Waals surface area contributed by atoms with Crippen molar-refractivity contribution in [2.75, 3.05) is 0 Å². The van der Waals surface area contributed by atoms with Gasteiger partial charge in [0.15, 0.2) is 5.78 Å². The molecule has 3 heteroatoms. The molecule has 0 saturated carbocycles. The first-order chi connectivity index (χ1) is 9.66. The maximum atomic E-state index is 13.5. The fraction of sp³-hybridized carbons (Fsp3) is 0.235. The Morgan fingerprint density at radius 1 is 1.05 bits per heavy atom. The molecule has 0 unspecified atom stereocenters. The van der Waals surface area contributed by atoms with Gasteiger partial charge in [0.1, 0.15) is 5.82 Å². The summed E-state index contributed by atoms with van der Waals surface area (Å²) >= 11 is 3.16. The number of halogens is 2. The summed E-state index contributed by atoms with van der Waals surface area (Å²) in [5.41, 5.74) is 3.61. The molecule has 1 nitrogen and oxygen atoms in total. The van der Waals surface area contributed by atoms with Crippen LogP contribution in [0.4, 0.5) is 4.39 Å². The Morgan fingerprint density at radius 3 is 2.60 bits per heavy atom. The first-order valence-corrected chi connectivity index (χ1v) is 7.56. The summed E-state index contributed by atoms with van der Waals surface area (Å²) < 4.78 is 13.8. The Labute approximate surface area is 126 Å². The average molecular weight is 333 g/mol. The van der Waals surface area contributed by atoms with E-state index in [0.717, 1.165) is 12.8 Å². The number of carbonyl (C=O) groups is 1. The Morgan fingerprint density at radius 2 is 1.80 bits per heavy atom. The van der Waals surface area contributed by atoms with Crippen LogP contribution in [0.15, 0.2) is 40.9 Å². The van der Waals surface area contributed by atoms with Gasteiger partial charge in [-0.05, 0) is 70.9 Å². The topological polar surface area (TPSA) is 17.1 Å². The van der Waals surface area contributed by atoms with E-state index in [1.54, 1.807) is 12.1 Å². The van der Waals surface area contributed by atoms with Crippen molar-refractivity contribution in [2.24, 2.45) is 0 Å². The van der Waals surface area contributed by atoms with Crippen LogP contribution >= 0.6 is 15.9 Å². The van der Waals surface area contributed by atoms with Crippen LogP contribution in [0, 0.1) is 5.82 Å². The van der Waals surface area contributed by atoms with Crippen molar-refractivity contribution in [2.45, 2.75) is 25.7 Å². The maximum absolute atomic E-state index is 13.5. The third-order valence-electron chi connectivity index (χ3n) is 3.81. The van der Waals surface area contributed by atoms with Crippen molar-refractivity contribution in [1.82, 2.24) is 0 Å². The molecule has 0 aromatic heterocycles. The van der Waals surface area contributed by atoms with Gasteiger partial charge in [-0.2, -0.15) is 0 Å². The normalized spacial score (nSPS) is 13.9. The molecule has 1 aliphatic rings. The van der Waals surface area contributed by atoms with Crippen LogP contribution in [0.25, 0.3) is 0 Å². The molecule has 0 N–H and O–H groups in total. The van der Waals surface area contributed by atoms with Gasteiger partial charge < -0.3 is 0 Å². The summed E-state index contributed by atoms with van der Waals surface area (Å²) in [6.07, 6.45) is 4.51. The fourth-order valence-corrected chi connectivity index (χ4v) is 3.15. The standard InChI is InChI=1S/C17H14BrFO/c18-16-14(6-3-7-15(16)19)17(20)13-9-8-11-4-1-2-5-12(11)10-13/h3,6-10H,1-2,4-5H2. The highest BCUT2D eigenvalue weighted by atomic mass is 79.9. The average Bonchev–Trinajstić information content (AvgIpc) is 2.49. The van der Waals surface area contributed by atoms with Crippen molar-refractivity contribution in [3.05, 3.63) is 68.9 Å². The van der Waals surface area contributed by atoms with Gasteiger partial charge in [-0.25, -0.2) is 4.39 Å². The lowest BCUT2D eigenvalue weighted by atomic mass is 9.89. The van der Waals surface area contributed by atoms with Gasteiger partial charge in [-0.1, -0.05) is 18.2 Å². The highest BCUT2D eigenvalue weighted by Crippen LogP contribution is 2.26. The lowest BCUT2D eigenvalue weighted by Gasteiger charge is -2.16. The third kappa shape index (κ3) is 2.42. The van der Waals surface area contributed by atoms with Gasteiger partial charge >= 0.3 is 0 Å². The van der Waals surface area contributed by atoms with Crippen LogP contribution in [-0.4, -0.2) is 5.78 Å². The molecular formula is C17H14BrFO. The molecule has 0 spiro atoms. The molecule has 0 atom stereocenters. The van der Waals surface area contributed by atoms with Crippen LogP contribution in [0.1, 0.15) is 39.9 Å². The van der Waals surface area contributed by atoms with E-state index in [-0.39, 0.29) is 10.3 Å². The van der Waals surface area contributed by atoms with Gasteiger partial charge in [-0.15, -0.1) is 0 Å². The molecule has 0 radical (unpaired) electrons. The Hall–Kier alpha value is -1.48. The van der Waals surface area contributed by atoms with Crippen molar-refractivity contribution < 1.29 is 9.18 Å². The van der Waals surface area contributed by atoms with Crippen LogP contribution in [0.5, 0.6) is 0 Å². The number of benzene rings is 2. The number of carbonyl (C=O) groups excluding carboxylic acids is 1. The molecule has 20 heavy (non-hydrogen) atoms. The van der Waals surface area contributed by atoms with E-state index in [1.165, 1.54) is 30.0 Å². The molecule has 0 aliphatic heterocycles. The fourth-order valence-electron chi connectivity index (χ4n) is 2.71. The van der Waals surface area contributed by atoms with Gasteiger partial charge in [0.05, 0.1) is 4.47 Å². The zero-order chi connectivity index (χ0) is 14.1. The van der Waals surface area contributed by atoms with E-state index >= 15 is 0 Å². The Balaban J connectivity index is 2.00. The third-order valence-corrected chi connectivity index (χ3v) is 4.61. The number of hydrogen-bond acceptors (Lipinski definition) is 1. The summed E-state index contributed by atoms with van der Waals surface area (Å²) in [6, 6.07) is 10.4. The van der Waals surface area contributed by atoms with Gasteiger partial charge in [0, 0.05) is 11.1 Å². The number of hydrogen-bond donors (Lipinski definition) is 0. The molecule has 1 aliphatic carbocycles. The molecule has 3 rings (SSSR count). The number of fused-ring (bicyclic) bond motifs is 1. The quantitative estimate of drug-likeness (QED) is 0.728. The van der Waals surface area contributed by atoms with Crippen LogP contribution in [-0.2, 0) is 12.8 Å². The predicted octanol–water partition coefficient (Wildman–Crippen LogP) is 4.70. The second kappa shape index (κ2) is 5.49. The van der Waals surface area contributed by atoms with Crippen LogP contribution in [0.2, 0.25) is 0 Å². The highest BCUT2D eigenvalue weighted by molar-refractivity contribution is 9.10. The molecule has 102 valence electrons. The monoisotopic (exact) mass is 332 g/mol. The lowest BCUT2D eigenvalue weighted by molar-refractivity contribution is 0.103. The lowest BCUT2D eigenvalue weighted by Crippen LogP contribution is -2.08. The summed E-state index contributed by atoms with van der Waals surface area (Å²) in [5.74, 6) is -0.543. The summed E-state index contributed by atoms with van der Waals surface area (Å²) in [7, 11) is 0. The minimum absolute atomic E-state index is 0.134. The first kappa shape index (κ1) is 13.5. The van der Waals surface area contributed by atoms with E-state index in [4.69, 9.17) is 0 Å². The highest BCUT2D eigenvalue weighted by Gasteiger charge is 2.17. The van der Waals surface area contributed by atoms with Crippen molar-refractivity contribution in [3.8, 4) is 0 Å². The zero-order valence-corrected chi connectivity index (χ0v) is 12.5. The van der Waals surface area contributed by atoms with Crippen LogP contribution in [0.3, 0.4) is 0 Å². The Bertz CT molecular complexity index is 679. The first-order valence-electron chi connectivity index (χ1n) is 6.77. The second-order valence-electron chi connectivity index (χ2n) is 5.12. The number of ketones is 1. The second-order valence-corrected chi connectivity index (χ2v) is 5.91. The Kier molecular flexibility index (Phi) is 3.70. The number of aryl methyl sites for hydroxylation is 2. The van der Waals surface area contributed by atoms with Crippen molar-refractivity contribution in [1.29, 1.82) is 0 Å². The molecule has 2 aromatic carbocycles. The van der Waals surface area contributed by atoms with Gasteiger partial charge in [-0.3, -0.25) is 4.79 Å². The van der Waals surface area contributed by atoms with Crippen molar-refractivity contribution in [3.63, 3.8) is 0 Å². The largest absolute Gasteiger partial charge is 0.289 e. The van der Waals surface area contributed by atoms with Gasteiger partial charge in [0.25, 0.3) is 0 Å².